The van der Waals surface area contributed by atoms with Crippen molar-refractivity contribution in [2.45, 2.75) is 19.9 Å². The fraction of sp³-hybridized carbons (Fsp3) is 0.444. The van der Waals surface area contributed by atoms with Crippen molar-refractivity contribution in [1.29, 1.82) is 0 Å². The Labute approximate surface area is 201 Å². The van der Waals surface area contributed by atoms with Crippen molar-refractivity contribution in [2.24, 2.45) is 0 Å². The topological polar surface area (TPSA) is 54.2 Å². The zero-order valence-electron chi connectivity index (χ0n) is 20.2. The van der Waals surface area contributed by atoms with Crippen LogP contribution < -0.4 is 14.4 Å². The van der Waals surface area contributed by atoms with E-state index in [1.165, 1.54) is 11.3 Å². The number of hydrogen-bond acceptors (Lipinski definition) is 7. The van der Waals surface area contributed by atoms with E-state index in [-0.39, 0.29) is 0 Å². The van der Waals surface area contributed by atoms with Crippen LogP contribution in [0.15, 0.2) is 53.1 Å². The number of ether oxygens (including phenoxy) is 2. The molecule has 3 aromatic rings. The van der Waals surface area contributed by atoms with Crippen LogP contribution in [-0.4, -0.2) is 74.5 Å². The third-order valence-corrected chi connectivity index (χ3v) is 6.61. The summed E-state index contributed by atoms with van der Waals surface area (Å²) in [6, 6.07) is 16.8. The van der Waals surface area contributed by atoms with Crippen molar-refractivity contribution in [1.82, 2.24) is 15.0 Å². The number of fused-ring (bicyclic) bond motifs is 1. The quantitative estimate of drug-likeness (QED) is 0.500. The van der Waals surface area contributed by atoms with Crippen molar-refractivity contribution >= 4 is 5.69 Å². The van der Waals surface area contributed by atoms with Gasteiger partial charge < -0.3 is 18.9 Å². The van der Waals surface area contributed by atoms with Gasteiger partial charge in [-0.25, -0.2) is 0 Å². The largest absolute Gasteiger partial charge is 0.486 e. The molecule has 0 radical (unpaired) electrons. The number of aryl methyl sites for hydroxylation is 1. The van der Waals surface area contributed by atoms with Gasteiger partial charge in [0.05, 0.1) is 6.54 Å². The summed E-state index contributed by atoms with van der Waals surface area (Å²) in [6.07, 6.45) is 1.14. The Bertz CT molecular complexity index is 1070. The molecule has 2 aliphatic heterocycles. The molecule has 0 saturated carbocycles. The van der Waals surface area contributed by atoms with Gasteiger partial charge in [-0.15, -0.1) is 0 Å². The lowest BCUT2D eigenvalue weighted by Gasteiger charge is -2.36. The standard InChI is InChI=1S/C27H34N4O3/c1-21-4-7-23(8-5-21)31-14-12-30(13-15-31)11-3-10-29(2)20-24-19-25(28-34-24)22-6-9-26-27(18-22)33-17-16-32-26/h4-9,18-19H,3,10-17,20H2,1-2H3. The van der Waals surface area contributed by atoms with Gasteiger partial charge >= 0.3 is 0 Å². The average Bonchev–Trinajstić information content (AvgIpc) is 3.33. The van der Waals surface area contributed by atoms with E-state index in [1.54, 1.807) is 0 Å². The van der Waals surface area contributed by atoms with Crippen LogP contribution in [-0.2, 0) is 6.54 Å². The number of aromatic nitrogens is 1. The molecular weight excluding hydrogens is 428 g/mol. The molecule has 3 heterocycles. The Hall–Kier alpha value is -3.03. The third-order valence-electron chi connectivity index (χ3n) is 6.61. The highest BCUT2D eigenvalue weighted by atomic mass is 16.6. The fourth-order valence-electron chi connectivity index (χ4n) is 4.62. The number of rotatable bonds is 8. The summed E-state index contributed by atoms with van der Waals surface area (Å²) >= 11 is 0. The van der Waals surface area contributed by atoms with Crippen LogP contribution in [0.4, 0.5) is 5.69 Å². The van der Waals surface area contributed by atoms with E-state index in [0.717, 1.165) is 80.8 Å². The summed E-state index contributed by atoms with van der Waals surface area (Å²) in [5, 5.41) is 4.27. The maximum atomic E-state index is 5.69. The molecular formula is C27H34N4O3. The molecule has 0 N–H and O–H groups in total. The highest BCUT2D eigenvalue weighted by molar-refractivity contribution is 5.64. The zero-order chi connectivity index (χ0) is 23.3. The first-order chi connectivity index (χ1) is 16.6. The first-order valence-corrected chi connectivity index (χ1v) is 12.2. The Morgan fingerprint density at radius 1 is 0.912 bits per heavy atom. The second-order valence-corrected chi connectivity index (χ2v) is 9.29. The Balaban J connectivity index is 1.05. The number of nitrogens with zero attached hydrogens (tertiary/aromatic N) is 4. The molecule has 0 unspecified atom stereocenters. The maximum absolute atomic E-state index is 5.69. The summed E-state index contributed by atoms with van der Waals surface area (Å²) in [5.41, 5.74) is 4.46. The monoisotopic (exact) mass is 462 g/mol. The van der Waals surface area contributed by atoms with Crippen LogP contribution in [0.2, 0.25) is 0 Å². The first-order valence-electron chi connectivity index (χ1n) is 12.2. The predicted octanol–water partition coefficient (Wildman–Crippen LogP) is 4.07. The SMILES string of the molecule is Cc1ccc(N2CCN(CCCN(C)Cc3cc(-c4ccc5c(c4)OCCO5)no3)CC2)cc1. The average molecular weight is 463 g/mol. The van der Waals surface area contributed by atoms with E-state index in [4.69, 9.17) is 14.0 Å². The molecule has 0 bridgehead atoms. The summed E-state index contributed by atoms with van der Waals surface area (Å²) in [7, 11) is 2.14. The molecule has 0 amide bonds. The molecule has 0 aliphatic carbocycles. The van der Waals surface area contributed by atoms with Crippen LogP contribution in [0, 0.1) is 6.92 Å². The molecule has 0 spiro atoms. The van der Waals surface area contributed by atoms with E-state index in [0.29, 0.717) is 13.2 Å². The number of hydrogen-bond donors (Lipinski definition) is 0. The second kappa shape index (κ2) is 10.5. The minimum Gasteiger partial charge on any atom is -0.486 e. The van der Waals surface area contributed by atoms with E-state index in [2.05, 4.69) is 58.1 Å². The zero-order valence-corrected chi connectivity index (χ0v) is 20.2. The summed E-state index contributed by atoms with van der Waals surface area (Å²) < 4.78 is 16.9. The normalized spacial score (nSPS) is 16.3. The van der Waals surface area contributed by atoms with Crippen LogP contribution in [0.5, 0.6) is 11.5 Å². The minimum atomic E-state index is 0.577. The van der Waals surface area contributed by atoms with Gasteiger partial charge in [0.1, 0.15) is 18.9 Å². The summed E-state index contributed by atoms with van der Waals surface area (Å²) in [6.45, 7) is 10.7. The number of piperazine rings is 1. The van der Waals surface area contributed by atoms with E-state index in [1.807, 2.05) is 24.3 Å². The van der Waals surface area contributed by atoms with E-state index >= 15 is 0 Å². The van der Waals surface area contributed by atoms with Crippen LogP contribution in [0.3, 0.4) is 0 Å². The van der Waals surface area contributed by atoms with Gasteiger partial charge in [0, 0.05) is 43.5 Å². The summed E-state index contributed by atoms with van der Waals surface area (Å²) in [4.78, 5) is 7.37. The fourth-order valence-corrected chi connectivity index (χ4v) is 4.62. The minimum absolute atomic E-state index is 0.577. The van der Waals surface area contributed by atoms with Crippen molar-refractivity contribution in [3.8, 4) is 22.8 Å². The van der Waals surface area contributed by atoms with Crippen molar-refractivity contribution in [3.05, 3.63) is 59.9 Å². The van der Waals surface area contributed by atoms with Crippen LogP contribution in [0.1, 0.15) is 17.7 Å². The van der Waals surface area contributed by atoms with Gasteiger partial charge in [0.2, 0.25) is 0 Å². The molecule has 1 saturated heterocycles. The molecule has 5 rings (SSSR count). The molecule has 2 aliphatic rings. The van der Waals surface area contributed by atoms with Crippen molar-refractivity contribution < 1.29 is 14.0 Å². The van der Waals surface area contributed by atoms with Gasteiger partial charge in [-0.1, -0.05) is 22.9 Å². The molecule has 0 atom stereocenters. The summed E-state index contributed by atoms with van der Waals surface area (Å²) in [5.74, 6) is 2.43. The van der Waals surface area contributed by atoms with E-state index in [9.17, 15) is 0 Å². The van der Waals surface area contributed by atoms with Crippen LogP contribution in [0.25, 0.3) is 11.3 Å². The highest BCUT2D eigenvalue weighted by Gasteiger charge is 2.18. The van der Waals surface area contributed by atoms with Gasteiger partial charge in [0.25, 0.3) is 0 Å². The van der Waals surface area contributed by atoms with Gasteiger partial charge in [-0.3, -0.25) is 9.80 Å². The Morgan fingerprint density at radius 3 is 2.47 bits per heavy atom. The molecule has 1 fully saturated rings. The smallest absolute Gasteiger partial charge is 0.162 e. The maximum Gasteiger partial charge on any atom is 0.162 e. The molecule has 7 nitrogen and oxygen atoms in total. The number of anilines is 1. The molecule has 180 valence electrons. The second-order valence-electron chi connectivity index (χ2n) is 9.29. The van der Waals surface area contributed by atoms with Crippen molar-refractivity contribution in [2.75, 3.05) is 64.4 Å². The van der Waals surface area contributed by atoms with E-state index < -0.39 is 0 Å². The lowest BCUT2D eigenvalue weighted by Crippen LogP contribution is -2.47. The van der Waals surface area contributed by atoms with Gasteiger partial charge in [-0.05, 0) is 63.8 Å². The highest BCUT2D eigenvalue weighted by Crippen LogP contribution is 2.34. The number of benzene rings is 2. The van der Waals surface area contributed by atoms with Gasteiger partial charge in [0.15, 0.2) is 17.3 Å². The first kappa shape index (κ1) is 22.7. The lowest BCUT2D eigenvalue weighted by atomic mass is 10.1. The Morgan fingerprint density at radius 2 is 1.68 bits per heavy atom. The lowest BCUT2D eigenvalue weighted by molar-refractivity contribution is 0.171. The molecule has 1 aromatic heterocycles. The van der Waals surface area contributed by atoms with Crippen molar-refractivity contribution in [3.63, 3.8) is 0 Å². The van der Waals surface area contributed by atoms with Gasteiger partial charge in [-0.2, -0.15) is 0 Å². The molecule has 7 heteroatoms. The Kier molecular flexibility index (Phi) is 7.02. The third kappa shape index (κ3) is 5.54. The predicted molar refractivity (Wildman–Crippen MR) is 134 cm³/mol. The molecule has 34 heavy (non-hydrogen) atoms. The molecule has 2 aromatic carbocycles. The van der Waals surface area contributed by atoms with Crippen LogP contribution >= 0.6 is 0 Å².